The van der Waals surface area contributed by atoms with E-state index in [1.165, 1.54) is 18.3 Å². The van der Waals surface area contributed by atoms with E-state index in [2.05, 4.69) is 4.98 Å². The predicted octanol–water partition coefficient (Wildman–Crippen LogP) is 3.52. The molecule has 0 atom stereocenters. The van der Waals surface area contributed by atoms with E-state index < -0.39 is 11.2 Å². The maximum atomic E-state index is 13.3. The van der Waals surface area contributed by atoms with Crippen molar-refractivity contribution in [2.24, 2.45) is 0 Å². The van der Waals surface area contributed by atoms with E-state index in [4.69, 9.17) is 0 Å². The van der Waals surface area contributed by atoms with Gasteiger partial charge in [-0.05, 0) is 49.2 Å². The topological polar surface area (TPSA) is 49.9 Å². The van der Waals surface area contributed by atoms with Crippen molar-refractivity contribution < 1.29 is 9.18 Å². The molecular formula is C18H14FNO2. The molecule has 1 heterocycles. The molecule has 0 aliphatic rings. The van der Waals surface area contributed by atoms with E-state index in [1.807, 2.05) is 19.9 Å². The second-order valence-electron chi connectivity index (χ2n) is 5.35. The van der Waals surface area contributed by atoms with Crippen molar-refractivity contribution in [2.45, 2.75) is 13.8 Å². The lowest BCUT2D eigenvalue weighted by Crippen LogP contribution is -2.17. The van der Waals surface area contributed by atoms with Gasteiger partial charge in [-0.3, -0.25) is 9.59 Å². The molecule has 0 saturated heterocycles. The average molecular weight is 295 g/mol. The van der Waals surface area contributed by atoms with Gasteiger partial charge in [0, 0.05) is 22.7 Å². The van der Waals surface area contributed by atoms with Crippen LogP contribution in [0.3, 0.4) is 0 Å². The van der Waals surface area contributed by atoms with Gasteiger partial charge in [0.15, 0.2) is 5.78 Å². The number of hydrogen-bond acceptors (Lipinski definition) is 2. The van der Waals surface area contributed by atoms with E-state index in [0.717, 1.165) is 17.2 Å². The molecule has 0 aliphatic heterocycles. The van der Waals surface area contributed by atoms with E-state index in [-0.39, 0.29) is 16.7 Å². The zero-order valence-electron chi connectivity index (χ0n) is 12.2. The normalized spacial score (nSPS) is 10.9. The number of aromatic amines is 1. The van der Waals surface area contributed by atoms with Crippen molar-refractivity contribution in [3.63, 3.8) is 0 Å². The molecule has 110 valence electrons. The van der Waals surface area contributed by atoms with Crippen LogP contribution < -0.4 is 5.43 Å². The number of carbonyl (C=O) groups excluding carboxylic acids is 1. The minimum Gasteiger partial charge on any atom is -0.360 e. The van der Waals surface area contributed by atoms with Gasteiger partial charge >= 0.3 is 0 Å². The Morgan fingerprint density at radius 2 is 1.82 bits per heavy atom. The number of ketones is 1. The highest BCUT2D eigenvalue weighted by Gasteiger charge is 2.15. The molecule has 0 fully saturated rings. The molecule has 0 unspecified atom stereocenters. The van der Waals surface area contributed by atoms with Gasteiger partial charge in [0.05, 0.1) is 5.56 Å². The molecular weight excluding hydrogens is 281 g/mol. The fraction of sp³-hybridized carbons (Fsp3) is 0.111. The predicted molar refractivity (Wildman–Crippen MR) is 83.9 cm³/mol. The molecule has 0 spiro atoms. The molecule has 0 amide bonds. The summed E-state index contributed by atoms with van der Waals surface area (Å²) in [6.45, 7) is 3.86. The van der Waals surface area contributed by atoms with Gasteiger partial charge in [-0.15, -0.1) is 0 Å². The molecule has 1 aromatic heterocycles. The van der Waals surface area contributed by atoms with Crippen LogP contribution in [0.2, 0.25) is 0 Å². The molecule has 0 aliphatic carbocycles. The number of benzene rings is 2. The average Bonchev–Trinajstić information content (AvgIpc) is 2.50. The highest BCUT2D eigenvalue weighted by atomic mass is 19.1. The number of hydrogen-bond donors (Lipinski definition) is 1. The second-order valence-corrected chi connectivity index (χ2v) is 5.35. The number of aryl methyl sites for hydroxylation is 2. The minimum absolute atomic E-state index is 0.0151. The van der Waals surface area contributed by atoms with E-state index in [9.17, 15) is 14.0 Å². The highest BCUT2D eigenvalue weighted by Crippen LogP contribution is 2.15. The first-order valence-corrected chi connectivity index (χ1v) is 6.90. The molecule has 0 saturated carbocycles. The van der Waals surface area contributed by atoms with Gasteiger partial charge in [-0.25, -0.2) is 4.39 Å². The van der Waals surface area contributed by atoms with Gasteiger partial charge in [-0.2, -0.15) is 0 Å². The summed E-state index contributed by atoms with van der Waals surface area (Å²) >= 11 is 0. The van der Waals surface area contributed by atoms with E-state index >= 15 is 0 Å². The monoisotopic (exact) mass is 295 g/mol. The van der Waals surface area contributed by atoms with Crippen molar-refractivity contribution in [3.05, 3.63) is 80.9 Å². The third-order valence-corrected chi connectivity index (χ3v) is 3.86. The molecule has 22 heavy (non-hydrogen) atoms. The Labute approximate surface area is 126 Å². The number of H-pyrrole nitrogens is 1. The van der Waals surface area contributed by atoms with E-state index in [0.29, 0.717) is 11.1 Å². The number of rotatable bonds is 2. The van der Waals surface area contributed by atoms with Crippen LogP contribution in [0.15, 0.2) is 47.4 Å². The summed E-state index contributed by atoms with van der Waals surface area (Å²) in [5, 5.41) is 0.176. The van der Waals surface area contributed by atoms with Crippen LogP contribution >= 0.6 is 0 Å². The number of aromatic nitrogens is 1. The van der Waals surface area contributed by atoms with Crippen molar-refractivity contribution in [2.75, 3.05) is 0 Å². The van der Waals surface area contributed by atoms with Crippen molar-refractivity contribution in [1.29, 1.82) is 0 Å². The number of carbonyl (C=O) groups is 1. The number of nitrogens with one attached hydrogen (secondary N) is 1. The summed E-state index contributed by atoms with van der Waals surface area (Å²) in [6.07, 6.45) is 1.39. The van der Waals surface area contributed by atoms with Crippen molar-refractivity contribution in [1.82, 2.24) is 4.98 Å². The lowest BCUT2D eigenvalue weighted by atomic mass is 9.99. The maximum absolute atomic E-state index is 13.3. The fourth-order valence-corrected chi connectivity index (χ4v) is 2.40. The van der Waals surface area contributed by atoms with Crippen LogP contribution in [0.1, 0.15) is 27.0 Å². The summed E-state index contributed by atoms with van der Waals surface area (Å²) < 4.78 is 13.3. The molecule has 3 nitrogen and oxygen atoms in total. The van der Waals surface area contributed by atoms with E-state index in [1.54, 1.807) is 12.1 Å². The van der Waals surface area contributed by atoms with Crippen molar-refractivity contribution >= 4 is 16.7 Å². The van der Waals surface area contributed by atoms with Gasteiger partial charge in [0.25, 0.3) is 0 Å². The first-order chi connectivity index (χ1) is 10.5. The van der Waals surface area contributed by atoms with Crippen molar-refractivity contribution in [3.8, 4) is 0 Å². The van der Waals surface area contributed by atoms with Gasteiger partial charge in [0.1, 0.15) is 5.82 Å². The molecule has 3 aromatic rings. The largest absolute Gasteiger partial charge is 0.360 e. The number of pyridine rings is 1. The minimum atomic E-state index is -0.506. The number of fused-ring (bicyclic) bond motifs is 1. The third-order valence-electron chi connectivity index (χ3n) is 3.86. The van der Waals surface area contributed by atoms with Crippen LogP contribution in [0.25, 0.3) is 10.9 Å². The van der Waals surface area contributed by atoms with Gasteiger partial charge < -0.3 is 4.98 Å². The molecule has 3 rings (SSSR count). The van der Waals surface area contributed by atoms with Crippen LogP contribution in [-0.4, -0.2) is 10.8 Å². The summed E-state index contributed by atoms with van der Waals surface area (Å²) in [6, 6.07) is 9.19. The highest BCUT2D eigenvalue weighted by molar-refractivity contribution is 6.10. The Balaban J connectivity index is 2.17. The zero-order valence-corrected chi connectivity index (χ0v) is 12.2. The van der Waals surface area contributed by atoms with Gasteiger partial charge in [-0.1, -0.05) is 12.1 Å². The molecule has 1 N–H and O–H groups in total. The number of halogens is 1. The molecule has 4 heteroatoms. The first-order valence-electron chi connectivity index (χ1n) is 6.90. The Morgan fingerprint density at radius 1 is 1.05 bits per heavy atom. The first kappa shape index (κ1) is 14.2. The summed E-state index contributed by atoms with van der Waals surface area (Å²) in [7, 11) is 0. The molecule has 2 aromatic carbocycles. The Morgan fingerprint density at radius 3 is 2.55 bits per heavy atom. The summed E-state index contributed by atoms with van der Waals surface area (Å²) in [4.78, 5) is 27.9. The lowest BCUT2D eigenvalue weighted by Gasteiger charge is -2.06. The second kappa shape index (κ2) is 5.22. The van der Waals surface area contributed by atoms with Crippen LogP contribution in [0, 0.1) is 19.7 Å². The van der Waals surface area contributed by atoms with Gasteiger partial charge in [0.2, 0.25) is 5.43 Å². The SMILES string of the molecule is Cc1ccc(C(=O)c2c[nH]c3ccc(F)cc3c2=O)cc1C. The lowest BCUT2D eigenvalue weighted by molar-refractivity contribution is 0.103. The molecule has 0 bridgehead atoms. The fourth-order valence-electron chi connectivity index (χ4n) is 2.40. The summed E-state index contributed by atoms with van der Waals surface area (Å²) in [5.74, 6) is -0.871. The standard InChI is InChI=1S/C18H14FNO2/c1-10-3-4-12(7-11(10)2)17(21)15-9-20-16-6-5-13(19)8-14(16)18(15)22/h3-9H,1-2H3,(H,20,22). The van der Waals surface area contributed by atoms with Crippen LogP contribution in [0.4, 0.5) is 4.39 Å². The van der Waals surface area contributed by atoms with Crippen LogP contribution in [0.5, 0.6) is 0 Å². The quantitative estimate of drug-likeness (QED) is 0.735. The maximum Gasteiger partial charge on any atom is 0.200 e. The Bertz CT molecular complexity index is 957. The summed E-state index contributed by atoms with van der Waals surface area (Å²) in [5.41, 5.74) is 2.56. The van der Waals surface area contributed by atoms with Crippen LogP contribution in [-0.2, 0) is 0 Å². The Kier molecular flexibility index (Phi) is 3.37. The zero-order chi connectivity index (χ0) is 15.9. The molecule has 0 radical (unpaired) electrons. The third kappa shape index (κ3) is 2.33. The smallest absolute Gasteiger partial charge is 0.200 e. The Hall–Kier alpha value is -2.75.